The molecule has 0 aliphatic heterocycles. The fraction of sp³-hybridized carbons (Fsp3) is 0.250. The second-order valence-corrected chi connectivity index (χ2v) is 5.47. The normalized spacial score (nSPS) is 15.4. The minimum atomic E-state index is -0.537. The minimum Gasteiger partial charge on any atom is -0.494 e. The average molecular weight is 298 g/mol. The van der Waals surface area contributed by atoms with E-state index in [1.807, 2.05) is 24.4 Å². The van der Waals surface area contributed by atoms with Crippen molar-refractivity contribution in [3.63, 3.8) is 0 Å². The number of anilines is 1. The summed E-state index contributed by atoms with van der Waals surface area (Å²) in [6, 6.07) is 6.85. The number of H-pyrrole nitrogens is 1. The van der Waals surface area contributed by atoms with Crippen molar-refractivity contribution in [1.82, 2.24) is 10.3 Å². The minimum absolute atomic E-state index is 0.211. The first kappa shape index (κ1) is 14.2. The topological polar surface area (TPSA) is 101 Å². The highest BCUT2D eigenvalue weighted by Gasteiger charge is 2.21. The number of aliphatic hydroxyl groups excluding tert-OH is 1. The van der Waals surface area contributed by atoms with Crippen molar-refractivity contribution in [3.8, 4) is 0 Å². The van der Waals surface area contributed by atoms with Crippen molar-refractivity contribution in [3.05, 3.63) is 42.4 Å². The molecule has 2 amide bonds. The predicted octanol–water partition coefficient (Wildman–Crippen LogP) is 3.51. The van der Waals surface area contributed by atoms with Crippen molar-refractivity contribution in [2.75, 3.05) is 5.32 Å². The molecule has 1 fully saturated rings. The quantitative estimate of drug-likeness (QED) is 0.440. The lowest BCUT2D eigenvalue weighted by Gasteiger charge is -2.24. The third-order valence-corrected chi connectivity index (χ3v) is 3.89. The van der Waals surface area contributed by atoms with Gasteiger partial charge in [-0.05, 0) is 37.1 Å². The summed E-state index contributed by atoms with van der Waals surface area (Å²) in [6.07, 6.45) is 6.21. The molecule has 114 valence electrons. The van der Waals surface area contributed by atoms with Gasteiger partial charge in [-0.3, -0.25) is 5.32 Å². The van der Waals surface area contributed by atoms with Crippen LogP contribution in [0.25, 0.3) is 10.9 Å². The Bertz CT molecular complexity index is 743. The second kappa shape index (κ2) is 5.93. The number of rotatable bonds is 4. The predicted molar refractivity (Wildman–Crippen MR) is 86.2 cm³/mol. The van der Waals surface area contributed by atoms with Crippen LogP contribution in [0.1, 0.15) is 19.3 Å². The third kappa shape index (κ3) is 3.11. The molecule has 0 saturated heterocycles. The first-order chi connectivity index (χ1) is 10.6. The Labute approximate surface area is 127 Å². The van der Waals surface area contributed by atoms with E-state index in [0.717, 1.165) is 30.2 Å². The highest BCUT2D eigenvalue weighted by molar-refractivity contribution is 5.97. The summed E-state index contributed by atoms with van der Waals surface area (Å²) < 4.78 is 0. The Morgan fingerprint density at radius 3 is 2.91 bits per heavy atom. The Morgan fingerprint density at radius 1 is 1.36 bits per heavy atom. The van der Waals surface area contributed by atoms with E-state index >= 15 is 0 Å². The van der Waals surface area contributed by atoms with Crippen LogP contribution in [0.15, 0.2) is 42.4 Å². The molecule has 5 N–H and O–H groups in total. The first-order valence-corrected chi connectivity index (χ1v) is 7.26. The maximum Gasteiger partial charge on any atom is 0.326 e. The summed E-state index contributed by atoms with van der Waals surface area (Å²) in [5, 5.41) is 23.5. The SMILES string of the molecule is N=C(/C=C(\O)NC(=O)Nc1ccc2[nH]ccc2c1)C1CCC1. The van der Waals surface area contributed by atoms with Gasteiger partial charge in [-0.1, -0.05) is 6.42 Å². The number of nitrogens with one attached hydrogen (secondary N) is 4. The van der Waals surface area contributed by atoms with Gasteiger partial charge < -0.3 is 20.8 Å². The molecule has 0 radical (unpaired) electrons. The van der Waals surface area contributed by atoms with E-state index in [2.05, 4.69) is 15.6 Å². The van der Waals surface area contributed by atoms with Crippen LogP contribution in [0, 0.1) is 11.3 Å². The van der Waals surface area contributed by atoms with E-state index in [-0.39, 0.29) is 11.8 Å². The summed E-state index contributed by atoms with van der Waals surface area (Å²) in [5.74, 6) is -0.0971. The van der Waals surface area contributed by atoms with Crippen molar-refractivity contribution in [2.45, 2.75) is 19.3 Å². The van der Waals surface area contributed by atoms with Gasteiger partial charge in [0.2, 0.25) is 0 Å². The molecule has 1 heterocycles. The zero-order chi connectivity index (χ0) is 15.5. The molecule has 6 nitrogen and oxygen atoms in total. The number of aliphatic hydroxyl groups is 1. The van der Waals surface area contributed by atoms with Gasteiger partial charge in [0.05, 0.1) is 0 Å². The molecule has 1 aliphatic carbocycles. The molecule has 1 aromatic carbocycles. The van der Waals surface area contributed by atoms with E-state index < -0.39 is 6.03 Å². The van der Waals surface area contributed by atoms with Gasteiger partial charge in [0.25, 0.3) is 0 Å². The molecule has 0 unspecified atom stereocenters. The molecule has 22 heavy (non-hydrogen) atoms. The molecule has 2 aromatic rings. The van der Waals surface area contributed by atoms with Gasteiger partial charge in [0, 0.05) is 40.5 Å². The van der Waals surface area contributed by atoms with Crippen molar-refractivity contribution >= 4 is 28.3 Å². The van der Waals surface area contributed by atoms with Gasteiger partial charge in [-0.2, -0.15) is 0 Å². The molecule has 0 atom stereocenters. The fourth-order valence-electron chi connectivity index (χ4n) is 2.43. The number of amides is 2. The van der Waals surface area contributed by atoms with Crippen molar-refractivity contribution < 1.29 is 9.90 Å². The van der Waals surface area contributed by atoms with Gasteiger partial charge in [-0.25, -0.2) is 4.79 Å². The number of carbonyl (C=O) groups is 1. The average Bonchev–Trinajstić information content (AvgIpc) is 2.83. The molecule has 3 rings (SSSR count). The molecule has 0 spiro atoms. The van der Waals surface area contributed by atoms with E-state index in [1.54, 1.807) is 6.07 Å². The number of aromatic amines is 1. The fourth-order valence-corrected chi connectivity index (χ4v) is 2.43. The highest BCUT2D eigenvalue weighted by atomic mass is 16.3. The third-order valence-electron chi connectivity index (χ3n) is 3.89. The summed E-state index contributed by atoms with van der Waals surface area (Å²) in [7, 11) is 0. The molecule has 1 aliphatic rings. The van der Waals surface area contributed by atoms with Crippen LogP contribution in [0.3, 0.4) is 0 Å². The Morgan fingerprint density at radius 2 is 2.18 bits per heavy atom. The number of hydrogen-bond acceptors (Lipinski definition) is 3. The molecule has 1 aromatic heterocycles. The summed E-state index contributed by atoms with van der Waals surface area (Å²) in [4.78, 5) is 14.9. The zero-order valence-corrected chi connectivity index (χ0v) is 12.0. The number of benzene rings is 1. The second-order valence-electron chi connectivity index (χ2n) is 5.47. The van der Waals surface area contributed by atoms with Gasteiger partial charge in [0.15, 0.2) is 5.88 Å². The molecule has 6 heteroatoms. The number of fused-ring (bicyclic) bond motifs is 1. The Kier molecular flexibility index (Phi) is 3.82. The van der Waals surface area contributed by atoms with Crippen LogP contribution >= 0.6 is 0 Å². The number of hydrogen-bond donors (Lipinski definition) is 5. The van der Waals surface area contributed by atoms with Crippen LogP contribution in [0.2, 0.25) is 0 Å². The number of aromatic nitrogens is 1. The van der Waals surface area contributed by atoms with Crippen LogP contribution in [0.5, 0.6) is 0 Å². The molecular weight excluding hydrogens is 280 g/mol. The zero-order valence-electron chi connectivity index (χ0n) is 12.0. The standard InChI is InChI=1S/C16H18N4O2/c17-13(10-2-1-3-10)9-15(21)20-16(22)19-12-4-5-14-11(8-12)6-7-18-14/h4-10,17-18,21H,1-3H2,(H2,19,20,22)/b15-9-,17-13?. The monoisotopic (exact) mass is 298 g/mol. The van der Waals surface area contributed by atoms with E-state index in [0.29, 0.717) is 11.4 Å². The highest BCUT2D eigenvalue weighted by Crippen LogP contribution is 2.27. The van der Waals surface area contributed by atoms with Crippen molar-refractivity contribution in [2.24, 2.45) is 5.92 Å². The number of allylic oxidation sites excluding steroid dienone is 1. The lowest BCUT2D eigenvalue weighted by Crippen LogP contribution is -2.29. The van der Waals surface area contributed by atoms with Crippen molar-refractivity contribution in [1.29, 1.82) is 5.41 Å². The van der Waals surface area contributed by atoms with Crippen LogP contribution in [-0.2, 0) is 0 Å². The lowest BCUT2D eigenvalue weighted by atomic mass is 9.82. The Hall–Kier alpha value is -2.76. The lowest BCUT2D eigenvalue weighted by molar-refractivity contribution is 0.247. The molecule has 1 saturated carbocycles. The Balaban J connectivity index is 1.59. The van der Waals surface area contributed by atoms with Gasteiger partial charge in [-0.15, -0.1) is 0 Å². The largest absolute Gasteiger partial charge is 0.494 e. The molecular formula is C16H18N4O2. The van der Waals surface area contributed by atoms with Crippen LogP contribution in [0.4, 0.5) is 10.5 Å². The summed E-state index contributed by atoms with van der Waals surface area (Å²) in [6.45, 7) is 0. The maximum absolute atomic E-state index is 11.8. The number of carbonyl (C=O) groups excluding carboxylic acids is 1. The summed E-state index contributed by atoms with van der Waals surface area (Å²) >= 11 is 0. The summed E-state index contributed by atoms with van der Waals surface area (Å²) in [5.41, 5.74) is 1.98. The van der Waals surface area contributed by atoms with Crippen LogP contribution < -0.4 is 10.6 Å². The van der Waals surface area contributed by atoms with E-state index in [4.69, 9.17) is 5.41 Å². The van der Waals surface area contributed by atoms with Gasteiger partial charge >= 0.3 is 6.03 Å². The van der Waals surface area contributed by atoms with Gasteiger partial charge in [0.1, 0.15) is 0 Å². The van der Waals surface area contributed by atoms with E-state index in [1.165, 1.54) is 6.08 Å². The van der Waals surface area contributed by atoms with E-state index in [9.17, 15) is 9.90 Å². The maximum atomic E-state index is 11.8. The van der Waals surface area contributed by atoms with Crippen LogP contribution in [-0.4, -0.2) is 21.8 Å². The molecule has 0 bridgehead atoms. The smallest absolute Gasteiger partial charge is 0.326 e. The first-order valence-electron chi connectivity index (χ1n) is 7.26. The number of urea groups is 1.